The summed E-state index contributed by atoms with van der Waals surface area (Å²) in [5.41, 5.74) is 7.55. The monoisotopic (exact) mass is 464 g/mol. The minimum absolute atomic E-state index is 0.00523. The van der Waals surface area contributed by atoms with Crippen LogP contribution in [0, 0.1) is 18.3 Å². The molecular weight excluding hydrogens is 432 g/mol. The smallest absolute Gasteiger partial charge is 0.240 e. The summed E-state index contributed by atoms with van der Waals surface area (Å²) in [6.45, 7) is 6.42. The highest BCUT2D eigenvalue weighted by atomic mass is 16.5. The standard InChI is InChI=1S/C25H32N6O3/c1-14-6-18-19(8-21(14)30(3)22(33)12-31-4-5-34-16(11-31)13-32)27-24(26-18)23-17-7-15-9-25(15,2)10-20(17)28-29-23/h6,8,15-16,32H,4-5,7,9-13H2,1-3H3,(H,26,27)(H,28,29)/t15-,16-,25-/m1/s1. The van der Waals surface area contributed by atoms with E-state index in [9.17, 15) is 9.90 Å². The summed E-state index contributed by atoms with van der Waals surface area (Å²) in [6.07, 6.45) is 3.20. The number of morpholine rings is 1. The Morgan fingerprint density at radius 2 is 2.26 bits per heavy atom. The molecule has 2 aromatic heterocycles. The van der Waals surface area contributed by atoms with E-state index in [0.29, 0.717) is 31.7 Å². The number of benzene rings is 1. The van der Waals surface area contributed by atoms with Gasteiger partial charge in [0.2, 0.25) is 5.91 Å². The summed E-state index contributed by atoms with van der Waals surface area (Å²) >= 11 is 0. The summed E-state index contributed by atoms with van der Waals surface area (Å²) in [5.74, 6) is 1.55. The molecule has 0 bridgehead atoms. The number of aryl methyl sites for hydroxylation is 1. The van der Waals surface area contributed by atoms with Gasteiger partial charge in [-0.05, 0) is 55.2 Å². The van der Waals surface area contributed by atoms with Gasteiger partial charge in [0.05, 0.1) is 36.9 Å². The van der Waals surface area contributed by atoms with Gasteiger partial charge in [-0.15, -0.1) is 0 Å². The topological polar surface area (TPSA) is 110 Å². The highest BCUT2D eigenvalue weighted by Gasteiger charge is 2.53. The Bertz CT molecular complexity index is 1270. The van der Waals surface area contributed by atoms with Gasteiger partial charge in [0.15, 0.2) is 5.82 Å². The quantitative estimate of drug-likeness (QED) is 0.533. The van der Waals surface area contributed by atoms with Crippen LogP contribution in [0.3, 0.4) is 0 Å². The first-order valence-electron chi connectivity index (χ1n) is 12.1. The molecule has 2 aliphatic carbocycles. The highest BCUT2D eigenvalue weighted by Crippen LogP contribution is 2.59. The van der Waals surface area contributed by atoms with Crippen LogP contribution in [-0.2, 0) is 22.4 Å². The lowest BCUT2D eigenvalue weighted by Crippen LogP contribution is -2.48. The van der Waals surface area contributed by atoms with Crippen molar-refractivity contribution in [2.45, 2.75) is 39.2 Å². The van der Waals surface area contributed by atoms with Crippen LogP contribution in [0.25, 0.3) is 22.6 Å². The Kier molecular flexibility index (Phi) is 5.05. The molecule has 1 aromatic carbocycles. The van der Waals surface area contributed by atoms with Gasteiger partial charge >= 0.3 is 0 Å². The van der Waals surface area contributed by atoms with Gasteiger partial charge in [0.1, 0.15) is 5.69 Å². The molecule has 1 amide bonds. The number of aromatic nitrogens is 4. The number of carbonyl (C=O) groups is 1. The maximum Gasteiger partial charge on any atom is 0.240 e. The van der Waals surface area contributed by atoms with Crippen LogP contribution >= 0.6 is 0 Å². The second-order valence-electron chi connectivity index (χ2n) is 10.6. The number of imidazole rings is 1. The number of fused-ring (bicyclic) bond motifs is 3. The van der Waals surface area contributed by atoms with Crippen molar-refractivity contribution in [2.75, 3.05) is 44.8 Å². The lowest BCUT2D eigenvalue weighted by atomic mass is 9.88. The number of nitrogens with one attached hydrogen (secondary N) is 2. The molecule has 0 unspecified atom stereocenters. The molecule has 1 saturated heterocycles. The molecule has 0 radical (unpaired) electrons. The van der Waals surface area contributed by atoms with Crippen LogP contribution in [0.1, 0.15) is 30.2 Å². The zero-order chi connectivity index (χ0) is 23.6. The van der Waals surface area contributed by atoms with E-state index in [4.69, 9.17) is 9.72 Å². The van der Waals surface area contributed by atoms with Crippen LogP contribution in [-0.4, -0.2) is 82.1 Å². The third-order valence-corrected chi connectivity index (χ3v) is 8.07. The van der Waals surface area contributed by atoms with Gasteiger partial charge in [-0.3, -0.25) is 14.8 Å². The van der Waals surface area contributed by atoms with Crippen LogP contribution in [0.15, 0.2) is 12.1 Å². The van der Waals surface area contributed by atoms with Crippen molar-refractivity contribution in [3.8, 4) is 11.5 Å². The Morgan fingerprint density at radius 3 is 3.09 bits per heavy atom. The number of anilines is 1. The van der Waals surface area contributed by atoms with Crippen LogP contribution in [0.5, 0.6) is 0 Å². The molecule has 6 rings (SSSR count). The predicted octanol–water partition coefficient (Wildman–Crippen LogP) is 2.04. The van der Waals surface area contributed by atoms with E-state index < -0.39 is 0 Å². The number of aromatic amines is 2. The first kappa shape index (κ1) is 21.8. The fourth-order valence-corrected chi connectivity index (χ4v) is 5.75. The minimum Gasteiger partial charge on any atom is -0.394 e. The molecule has 9 nitrogen and oxygen atoms in total. The normalized spacial score (nSPS) is 26.4. The van der Waals surface area contributed by atoms with Crippen LogP contribution in [0.4, 0.5) is 5.69 Å². The Hall–Kier alpha value is -2.75. The molecule has 3 atom stereocenters. The lowest BCUT2D eigenvalue weighted by Gasteiger charge is -2.32. The average molecular weight is 465 g/mol. The first-order chi connectivity index (χ1) is 16.3. The van der Waals surface area contributed by atoms with Gasteiger partial charge < -0.3 is 19.7 Å². The van der Waals surface area contributed by atoms with Crippen LogP contribution < -0.4 is 4.90 Å². The summed E-state index contributed by atoms with van der Waals surface area (Å²) < 4.78 is 5.50. The second-order valence-corrected chi connectivity index (χ2v) is 10.6. The fraction of sp³-hybridized carbons (Fsp3) is 0.560. The van der Waals surface area contributed by atoms with Gasteiger partial charge in [-0.1, -0.05) is 6.92 Å². The van der Waals surface area contributed by atoms with E-state index in [0.717, 1.165) is 52.6 Å². The van der Waals surface area contributed by atoms with E-state index in [-0.39, 0.29) is 18.6 Å². The molecule has 180 valence electrons. The Morgan fingerprint density at radius 1 is 1.41 bits per heavy atom. The number of likely N-dealkylation sites (N-methyl/N-ethyl adjacent to an activating group) is 1. The molecule has 1 saturated carbocycles. The first-order valence-corrected chi connectivity index (χ1v) is 12.1. The fourth-order valence-electron chi connectivity index (χ4n) is 5.75. The summed E-state index contributed by atoms with van der Waals surface area (Å²) in [6, 6.07) is 4.04. The molecule has 9 heteroatoms. The zero-order valence-corrected chi connectivity index (χ0v) is 20.0. The average Bonchev–Trinajstić information content (AvgIpc) is 3.11. The number of ether oxygens (including phenoxy) is 1. The summed E-state index contributed by atoms with van der Waals surface area (Å²) in [4.78, 5) is 25.1. The number of aliphatic hydroxyl groups is 1. The van der Waals surface area contributed by atoms with Crippen molar-refractivity contribution in [3.05, 3.63) is 29.0 Å². The number of hydrogen-bond acceptors (Lipinski definition) is 6. The number of nitrogens with zero attached hydrogens (tertiary/aromatic N) is 4. The molecule has 34 heavy (non-hydrogen) atoms. The molecule has 3 aliphatic rings. The number of aliphatic hydroxyl groups excluding tert-OH is 1. The van der Waals surface area contributed by atoms with Gasteiger partial charge in [-0.2, -0.15) is 5.10 Å². The zero-order valence-electron chi connectivity index (χ0n) is 20.0. The summed E-state index contributed by atoms with van der Waals surface area (Å²) in [7, 11) is 1.81. The number of carbonyl (C=O) groups excluding carboxylic acids is 1. The maximum absolute atomic E-state index is 13.0. The highest BCUT2D eigenvalue weighted by molar-refractivity contribution is 5.97. The van der Waals surface area contributed by atoms with E-state index in [1.165, 1.54) is 17.7 Å². The number of H-pyrrole nitrogens is 2. The Labute approximate surface area is 198 Å². The third-order valence-electron chi connectivity index (χ3n) is 8.07. The van der Waals surface area contributed by atoms with E-state index in [2.05, 4.69) is 28.2 Å². The molecular formula is C25H32N6O3. The number of amides is 1. The molecule has 3 aromatic rings. The largest absolute Gasteiger partial charge is 0.394 e. The van der Waals surface area contributed by atoms with Crippen molar-refractivity contribution in [1.82, 2.24) is 25.1 Å². The molecule has 2 fully saturated rings. The minimum atomic E-state index is -0.228. The number of rotatable bonds is 5. The van der Waals surface area contributed by atoms with Gasteiger partial charge in [0, 0.05) is 37.1 Å². The van der Waals surface area contributed by atoms with Gasteiger partial charge in [0.25, 0.3) is 0 Å². The lowest BCUT2D eigenvalue weighted by molar-refractivity contribution is -0.122. The molecule has 3 N–H and O–H groups in total. The molecule has 0 spiro atoms. The Balaban J connectivity index is 1.24. The SMILES string of the molecule is Cc1cc2[nH]c(-c3n[nH]c4c3C[C@@H]3C[C@]3(C)C4)nc2cc1N(C)C(=O)CN1CCO[C@@H](CO)C1. The number of hydrogen-bond donors (Lipinski definition) is 3. The van der Waals surface area contributed by atoms with E-state index >= 15 is 0 Å². The second kappa shape index (κ2) is 7.90. The summed E-state index contributed by atoms with van der Waals surface area (Å²) in [5, 5.41) is 17.2. The van der Waals surface area contributed by atoms with Gasteiger partial charge in [-0.25, -0.2) is 4.98 Å². The third kappa shape index (κ3) is 3.62. The molecule has 3 heterocycles. The van der Waals surface area contributed by atoms with Crippen molar-refractivity contribution in [2.24, 2.45) is 11.3 Å². The van der Waals surface area contributed by atoms with Crippen LogP contribution in [0.2, 0.25) is 0 Å². The van der Waals surface area contributed by atoms with Crippen molar-refractivity contribution in [1.29, 1.82) is 0 Å². The van der Waals surface area contributed by atoms with E-state index in [1.807, 2.05) is 24.9 Å². The maximum atomic E-state index is 13.0. The van der Waals surface area contributed by atoms with Crippen molar-refractivity contribution < 1.29 is 14.6 Å². The molecule has 1 aliphatic heterocycles. The van der Waals surface area contributed by atoms with E-state index in [1.54, 1.807) is 4.90 Å². The van der Waals surface area contributed by atoms with Crippen molar-refractivity contribution >= 4 is 22.6 Å². The van der Waals surface area contributed by atoms with Crippen molar-refractivity contribution in [3.63, 3.8) is 0 Å². The predicted molar refractivity (Wildman–Crippen MR) is 129 cm³/mol.